The van der Waals surface area contributed by atoms with Crippen molar-refractivity contribution in [2.45, 2.75) is 6.42 Å². The van der Waals surface area contributed by atoms with Gasteiger partial charge in [0, 0.05) is 24.2 Å². The molecular weight excluding hydrogens is 234 g/mol. The van der Waals surface area contributed by atoms with Crippen LogP contribution in [-0.2, 0) is 0 Å². The van der Waals surface area contributed by atoms with E-state index in [1.54, 1.807) is 6.07 Å². The average Bonchev–Trinajstić information content (AvgIpc) is 2.89. The van der Waals surface area contributed by atoms with Gasteiger partial charge >= 0.3 is 0 Å². The monoisotopic (exact) mass is 249 g/mol. The van der Waals surface area contributed by atoms with Crippen LogP contribution < -0.4 is 10.6 Å². The Morgan fingerprint density at radius 1 is 1.56 bits per heavy atom. The zero-order valence-electron chi connectivity index (χ0n) is 9.89. The largest absolute Gasteiger partial charge is 0.352 e. The number of carbonyl (C=O) groups excluding carboxylic acids is 1. The first kappa shape index (κ1) is 12.5. The zero-order valence-corrected chi connectivity index (χ0v) is 9.89. The Hall–Kier alpha value is -1.95. The molecule has 18 heavy (non-hydrogen) atoms. The third-order valence-electron chi connectivity index (χ3n) is 3.03. The second-order valence-electron chi connectivity index (χ2n) is 4.38. The Bertz CT molecular complexity index is 456. The maximum absolute atomic E-state index is 11.8. The van der Waals surface area contributed by atoms with Gasteiger partial charge in [-0.15, -0.1) is 0 Å². The van der Waals surface area contributed by atoms with Gasteiger partial charge in [-0.1, -0.05) is 6.07 Å². The van der Waals surface area contributed by atoms with Crippen molar-refractivity contribution in [3.63, 3.8) is 0 Å². The highest BCUT2D eigenvalue weighted by Crippen LogP contribution is 2.13. The van der Waals surface area contributed by atoms with Gasteiger partial charge in [0.2, 0.25) is 0 Å². The van der Waals surface area contributed by atoms with E-state index in [9.17, 15) is 14.9 Å². The number of benzene rings is 1. The Kier molecular flexibility index (Phi) is 3.88. The molecule has 1 aliphatic rings. The lowest BCUT2D eigenvalue weighted by molar-refractivity contribution is -0.384. The van der Waals surface area contributed by atoms with Crippen molar-refractivity contribution in [3.8, 4) is 0 Å². The molecule has 1 aromatic rings. The van der Waals surface area contributed by atoms with Crippen molar-refractivity contribution in [3.05, 3.63) is 39.9 Å². The van der Waals surface area contributed by atoms with Crippen LogP contribution in [0.4, 0.5) is 5.69 Å². The summed E-state index contributed by atoms with van der Waals surface area (Å²) in [6.07, 6.45) is 1.05. The first-order valence-corrected chi connectivity index (χ1v) is 5.90. The molecule has 0 bridgehead atoms. The summed E-state index contributed by atoms with van der Waals surface area (Å²) < 4.78 is 0. The van der Waals surface area contributed by atoms with Crippen LogP contribution in [0.15, 0.2) is 24.3 Å². The van der Waals surface area contributed by atoms with Crippen molar-refractivity contribution < 1.29 is 9.72 Å². The molecule has 0 radical (unpaired) electrons. The third kappa shape index (κ3) is 3.04. The van der Waals surface area contributed by atoms with Crippen LogP contribution in [0.5, 0.6) is 0 Å². The van der Waals surface area contributed by atoms with Gasteiger partial charge < -0.3 is 10.6 Å². The minimum absolute atomic E-state index is 0.0646. The molecule has 1 aromatic carbocycles. The fourth-order valence-electron chi connectivity index (χ4n) is 1.99. The Morgan fingerprint density at radius 2 is 2.39 bits per heavy atom. The van der Waals surface area contributed by atoms with Gasteiger partial charge in [-0.3, -0.25) is 14.9 Å². The molecule has 6 heteroatoms. The van der Waals surface area contributed by atoms with Crippen molar-refractivity contribution in [1.29, 1.82) is 0 Å². The molecule has 2 rings (SSSR count). The quantitative estimate of drug-likeness (QED) is 0.614. The molecule has 2 N–H and O–H groups in total. The number of rotatable bonds is 4. The van der Waals surface area contributed by atoms with Gasteiger partial charge in [0.1, 0.15) is 0 Å². The van der Waals surface area contributed by atoms with E-state index >= 15 is 0 Å². The number of nitro benzene ring substituents is 1. The van der Waals surface area contributed by atoms with E-state index in [0.29, 0.717) is 18.0 Å². The number of amides is 1. The number of nitro groups is 1. The molecule has 1 aliphatic heterocycles. The molecule has 1 unspecified atom stereocenters. The first-order valence-electron chi connectivity index (χ1n) is 5.90. The highest BCUT2D eigenvalue weighted by Gasteiger charge is 2.16. The fourth-order valence-corrected chi connectivity index (χ4v) is 1.99. The Balaban J connectivity index is 1.95. The van der Waals surface area contributed by atoms with Crippen molar-refractivity contribution in [1.82, 2.24) is 10.6 Å². The minimum Gasteiger partial charge on any atom is -0.352 e. The van der Waals surface area contributed by atoms with Gasteiger partial charge in [0.05, 0.1) is 4.92 Å². The molecule has 0 aromatic heterocycles. The molecule has 1 heterocycles. The van der Waals surface area contributed by atoms with Crippen LogP contribution in [0, 0.1) is 16.0 Å². The Morgan fingerprint density at radius 3 is 3.06 bits per heavy atom. The Labute approximate surface area is 105 Å². The second kappa shape index (κ2) is 5.59. The molecule has 0 spiro atoms. The fraction of sp³-hybridized carbons (Fsp3) is 0.417. The summed E-state index contributed by atoms with van der Waals surface area (Å²) in [5, 5.41) is 16.6. The van der Waals surface area contributed by atoms with Crippen LogP contribution in [0.2, 0.25) is 0 Å². The summed E-state index contributed by atoms with van der Waals surface area (Å²) in [5.74, 6) is 0.193. The molecule has 0 aliphatic carbocycles. The molecular formula is C12H15N3O3. The van der Waals surface area contributed by atoms with Gasteiger partial charge in [-0.25, -0.2) is 0 Å². The third-order valence-corrected chi connectivity index (χ3v) is 3.03. The lowest BCUT2D eigenvalue weighted by Gasteiger charge is -2.09. The number of non-ortho nitro benzene ring substituents is 1. The smallest absolute Gasteiger partial charge is 0.270 e. The van der Waals surface area contributed by atoms with E-state index in [-0.39, 0.29) is 11.6 Å². The van der Waals surface area contributed by atoms with E-state index in [0.717, 1.165) is 19.5 Å². The molecule has 6 nitrogen and oxygen atoms in total. The van der Waals surface area contributed by atoms with E-state index in [1.807, 2.05) is 0 Å². The number of hydrogen-bond donors (Lipinski definition) is 2. The average molecular weight is 249 g/mol. The van der Waals surface area contributed by atoms with Crippen LogP contribution in [0.25, 0.3) is 0 Å². The molecule has 1 amide bonds. The highest BCUT2D eigenvalue weighted by atomic mass is 16.6. The van der Waals surface area contributed by atoms with Gasteiger partial charge in [0.15, 0.2) is 0 Å². The summed E-state index contributed by atoms with van der Waals surface area (Å²) in [6.45, 7) is 2.50. The summed E-state index contributed by atoms with van der Waals surface area (Å²) in [6, 6.07) is 5.76. The molecule has 1 saturated heterocycles. The topological polar surface area (TPSA) is 84.3 Å². The lowest BCUT2D eigenvalue weighted by atomic mass is 10.1. The predicted octanol–water partition coefficient (Wildman–Crippen LogP) is 0.934. The standard InChI is InChI=1S/C12H15N3O3/c16-12(14-8-9-4-5-13-7-9)10-2-1-3-11(6-10)15(17)18/h1-3,6,9,13H,4-5,7-8H2,(H,14,16). The molecule has 1 atom stereocenters. The predicted molar refractivity (Wildman–Crippen MR) is 66.4 cm³/mol. The molecule has 1 fully saturated rings. The van der Waals surface area contributed by atoms with E-state index in [1.165, 1.54) is 18.2 Å². The van der Waals surface area contributed by atoms with Gasteiger partial charge in [0.25, 0.3) is 11.6 Å². The van der Waals surface area contributed by atoms with Crippen LogP contribution in [-0.4, -0.2) is 30.5 Å². The second-order valence-corrected chi connectivity index (χ2v) is 4.38. The van der Waals surface area contributed by atoms with E-state index in [2.05, 4.69) is 10.6 Å². The maximum atomic E-state index is 11.8. The molecule has 96 valence electrons. The summed E-state index contributed by atoms with van der Waals surface area (Å²) in [4.78, 5) is 21.9. The first-order chi connectivity index (χ1) is 8.66. The zero-order chi connectivity index (χ0) is 13.0. The summed E-state index contributed by atoms with van der Waals surface area (Å²) >= 11 is 0. The number of carbonyl (C=O) groups is 1. The van der Waals surface area contributed by atoms with Gasteiger partial charge in [-0.2, -0.15) is 0 Å². The van der Waals surface area contributed by atoms with Crippen molar-refractivity contribution in [2.24, 2.45) is 5.92 Å². The van der Waals surface area contributed by atoms with Gasteiger partial charge in [-0.05, 0) is 31.5 Å². The van der Waals surface area contributed by atoms with Crippen molar-refractivity contribution >= 4 is 11.6 Å². The summed E-state index contributed by atoms with van der Waals surface area (Å²) in [5.41, 5.74) is 0.264. The lowest BCUT2D eigenvalue weighted by Crippen LogP contribution is -2.30. The summed E-state index contributed by atoms with van der Waals surface area (Å²) in [7, 11) is 0. The number of nitrogens with one attached hydrogen (secondary N) is 2. The van der Waals surface area contributed by atoms with Crippen molar-refractivity contribution in [2.75, 3.05) is 19.6 Å². The SMILES string of the molecule is O=C(NCC1CCNC1)c1cccc([N+](=O)[O-])c1. The van der Waals surface area contributed by atoms with E-state index < -0.39 is 4.92 Å². The van der Waals surface area contributed by atoms with E-state index in [4.69, 9.17) is 0 Å². The molecule has 0 saturated carbocycles. The normalized spacial score (nSPS) is 18.6. The maximum Gasteiger partial charge on any atom is 0.270 e. The highest BCUT2D eigenvalue weighted by molar-refractivity contribution is 5.94. The van der Waals surface area contributed by atoms with Crippen LogP contribution in [0.3, 0.4) is 0 Å². The minimum atomic E-state index is -0.502. The van der Waals surface area contributed by atoms with Crippen LogP contribution >= 0.6 is 0 Å². The number of hydrogen-bond acceptors (Lipinski definition) is 4. The van der Waals surface area contributed by atoms with Crippen LogP contribution in [0.1, 0.15) is 16.8 Å². The number of nitrogens with zero attached hydrogens (tertiary/aromatic N) is 1.